The number of methoxy groups -OCH3 is 1. The van der Waals surface area contributed by atoms with Crippen molar-refractivity contribution in [3.05, 3.63) is 34.8 Å². The number of ether oxygens (including phenoxy) is 1. The fourth-order valence-corrected chi connectivity index (χ4v) is 3.58. The van der Waals surface area contributed by atoms with Crippen LogP contribution in [0.3, 0.4) is 0 Å². The van der Waals surface area contributed by atoms with Crippen molar-refractivity contribution < 1.29 is 4.74 Å². The maximum absolute atomic E-state index is 5.83. The monoisotopic (exact) mass is 304 g/mol. The van der Waals surface area contributed by atoms with Crippen molar-refractivity contribution in [1.29, 1.82) is 0 Å². The summed E-state index contributed by atoms with van der Waals surface area (Å²) >= 11 is 1.66. The average Bonchev–Trinajstić information content (AvgIpc) is 2.91. The molecule has 0 saturated heterocycles. The van der Waals surface area contributed by atoms with Gasteiger partial charge in [-0.25, -0.2) is 4.98 Å². The zero-order valence-electron chi connectivity index (χ0n) is 12.4. The second kappa shape index (κ2) is 6.01. The smallest absolute Gasteiger partial charge is 0.190 e. The second-order valence-electron chi connectivity index (χ2n) is 5.07. The van der Waals surface area contributed by atoms with Gasteiger partial charge in [0.2, 0.25) is 0 Å². The summed E-state index contributed by atoms with van der Waals surface area (Å²) in [6.07, 6.45) is 0. The Morgan fingerprint density at radius 1 is 1.29 bits per heavy atom. The minimum atomic E-state index is 0.506. The van der Waals surface area contributed by atoms with E-state index in [1.165, 1.54) is 11.4 Å². The minimum absolute atomic E-state index is 0.506. The molecule has 0 atom stereocenters. The van der Waals surface area contributed by atoms with Crippen LogP contribution in [-0.2, 0) is 17.9 Å². The van der Waals surface area contributed by atoms with E-state index >= 15 is 0 Å². The van der Waals surface area contributed by atoms with Crippen molar-refractivity contribution in [2.24, 2.45) is 5.73 Å². The van der Waals surface area contributed by atoms with Crippen LogP contribution < -0.4 is 15.5 Å². The molecule has 0 spiro atoms. The van der Waals surface area contributed by atoms with Crippen molar-refractivity contribution in [1.82, 2.24) is 4.98 Å². The van der Waals surface area contributed by atoms with Crippen molar-refractivity contribution in [2.75, 3.05) is 37.0 Å². The lowest BCUT2D eigenvalue weighted by Crippen LogP contribution is -2.36. The Labute approximate surface area is 129 Å². The van der Waals surface area contributed by atoms with Gasteiger partial charge in [0.05, 0.1) is 23.7 Å². The van der Waals surface area contributed by atoms with Gasteiger partial charge in [0.25, 0.3) is 0 Å². The van der Waals surface area contributed by atoms with E-state index in [0.29, 0.717) is 13.2 Å². The standard InChI is InChI=1S/C15H20N4OS/c1-18-7-8-19(13-6-4-3-5-12(13)18)15-17-11(10-20-2)14(9-16)21-15/h3-6H,7-10,16H2,1-2H3. The first-order valence-corrected chi connectivity index (χ1v) is 7.81. The van der Waals surface area contributed by atoms with E-state index in [-0.39, 0.29) is 0 Å². The number of hydrogen-bond donors (Lipinski definition) is 1. The SMILES string of the molecule is COCc1nc(N2CCN(C)c3ccccc32)sc1CN. The normalized spacial score (nSPS) is 14.4. The van der Waals surface area contributed by atoms with Crippen LogP contribution in [0.15, 0.2) is 24.3 Å². The van der Waals surface area contributed by atoms with E-state index in [1.807, 2.05) is 0 Å². The molecule has 1 aliphatic heterocycles. The second-order valence-corrected chi connectivity index (χ2v) is 6.13. The van der Waals surface area contributed by atoms with Crippen molar-refractivity contribution in [3.8, 4) is 0 Å². The Morgan fingerprint density at radius 3 is 2.76 bits per heavy atom. The lowest BCUT2D eigenvalue weighted by atomic mass is 10.2. The number of aromatic nitrogens is 1. The highest BCUT2D eigenvalue weighted by Crippen LogP contribution is 2.39. The molecule has 1 aliphatic rings. The molecule has 2 heterocycles. The van der Waals surface area contributed by atoms with Crippen LogP contribution in [-0.4, -0.2) is 32.2 Å². The number of hydrogen-bond acceptors (Lipinski definition) is 6. The van der Waals surface area contributed by atoms with Crippen LogP contribution in [0.4, 0.5) is 16.5 Å². The predicted octanol–water partition coefficient (Wildman–Crippen LogP) is 2.34. The number of rotatable bonds is 4. The Morgan fingerprint density at radius 2 is 2.05 bits per heavy atom. The quantitative estimate of drug-likeness (QED) is 0.939. The molecule has 0 aliphatic carbocycles. The summed E-state index contributed by atoms with van der Waals surface area (Å²) in [5.74, 6) is 0. The Hall–Kier alpha value is -1.63. The van der Waals surface area contributed by atoms with E-state index in [1.54, 1.807) is 18.4 Å². The maximum Gasteiger partial charge on any atom is 0.190 e. The van der Waals surface area contributed by atoms with Gasteiger partial charge in [-0.2, -0.15) is 0 Å². The van der Waals surface area contributed by atoms with Gasteiger partial charge in [-0.1, -0.05) is 23.5 Å². The van der Waals surface area contributed by atoms with Crippen LogP contribution in [0, 0.1) is 0 Å². The average molecular weight is 304 g/mol. The molecule has 6 heteroatoms. The first kappa shape index (κ1) is 14.3. The summed E-state index contributed by atoms with van der Waals surface area (Å²) in [5, 5.41) is 1.00. The summed E-state index contributed by atoms with van der Waals surface area (Å²) in [4.78, 5) is 10.4. The topological polar surface area (TPSA) is 54.6 Å². The third-order valence-corrected chi connectivity index (χ3v) is 4.85. The van der Waals surface area contributed by atoms with Crippen LogP contribution in [0.25, 0.3) is 0 Å². The fourth-order valence-electron chi connectivity index (χ4n) is 2.60. The van der Waals surface area contributed by atoms with E-state index in [9.17, 15) is 0 Å². The molecule has 112 valence electrons. The molecule has 0 amide bonds. The zero-order chi connectivity index (χ0) is 14.8. The summed E-state index contributed by atoms with van der Waals surface area (Å²) in [7, 11) is 3.81. The van der Waals surface area contributed by atoms with E-state index < -0.39 is 0 Å². The molecule has 3 rings (SSSR count). The largest absolute Gasteiger partial charge is 0.378 e. The number of benzene rings is 1. The van der Waals surface area contributed by atoms with Crippen molar-refractivity contribution in [2.45, 2.75) is 13.2 Å². The lowest BCUT2D eigenvalue weighted by molar-refractivity contribution is 0.181. The predicted molar refractivity (Wildman–Crippen MR) is 87.4 cm³/mol. The Balaban J connectivity index is 1.99. The summed E-state index contributed by atoms with van der Waals surface area (Å²) in [5.41, 5.74) is 9.22. The van der Waals surface area contributed by atoms with Gasteiger partial charge < -0.3 is 20.3 Å². The molecule has 2 N–H and O–H groups in total. The zero-order valence-corrected chi connectivity index (χ0v) is 13.2. The first-order valence-electron chi connectivity index (χ1n) is 7.00. The molecule has 21 heavy (non-hydrogen) atoms. The van der Waals surface area contributed by atoms with Crippen LogP contribution in [0.5, 0.6) is 0 Å². The van der Waals surface area contributed by atoms with E-state index in [2.05, 4.69) is 41.1 Å². The van der Waals surface area contributed by atoms with Gasteiger partial charge in [0, 0.05) is 38.7 Å². The first-order chi connectivity index (χ1) is 10.2. The molecular weight excluding hydrogens is 284 g/mol. The van der Waals surface area contributed by atoms with Crippen LogP contribution in [0.2, 0.25) is 0 Å². The molecule has 0 saturated carbocycles. The molecule has 0 bridgehead atoms. The third kappa shape index (κ3) is 2.62. The van der Waals surface area contributed by atoms with Crippen molar-refractivity contribution >= 4 is 27.8 Å². The third-order valence-electron chi connectivity index (χ3n) is 3.71. The van der Waals surface area contributed by atoms with E-state index in [4.69, 9.17) is 15.5 Å². The molecule has 1 aromatic carbocycles. The van der Waals surface area contributed by atoms with Crippen molar-refractivity contribution in [3.63, 3.8) is 0 Å². The van der Waals surface area contributed by atoms with Crippen LogP contribution in [0.1, 0.15) is 10.6 Å². The summed E-state index contributed by atoms with van der Waals surface area (Å²) < 4.78 is 5.22. The number of fused-ring (bicyclic) bond motifs is 1. The minimum Gasteiger partial charge on any atom is -0.378 e. The van der Waals surface area contributed by atoms with Gasteiger partial charge >= 0.3 is 0 Å². The number of thiazole rings is 1. The highest BCUT2D eigenvalue weighted by atomic mass is 32.1. The molecule has 2 aromatic rings. The molecule has 0 radical (unpaired) electrons. The lowest BCUT2D eigenvalue weighted by Gasteiger charge is -2.35. The molecule has 1 aromatic heterocycles. The van der Waals surface area contributed by atoms with Crippen LogP contribution >= 0.6 is 11.3 Å². The fraction of sp³-hybridized carbons (Fsp3) is 0.400. The Kier molecular flexibility index (Phi) is 4.10. The van der Waals surface area contributed by atoms with Gasteiger partial charge in [0.15, 0.2) is 5.13 Å². The van der Waals surface area contributed by atoms with Gasteiger partial charge in [-0.15, -0.1) is 0 Å². The number of para-hydroxylation sites is 2. The van der Waals surface area contributed by atoms with Gasteiger partial charge in [-0.05, 0) is 12.1 Å². The summed E-state index contributed by atoms with van der Waals surface area (Å²) in [6.45, 7) is 2.93. The Bertz CT molecular complexity index is 628. The molecular formula is C15H20N4OS. The van der Waals surface area contributed by atoms with Gasteiger partial charge in [0.1, 0.15) is 0 Å². The van der Waals surface area contributed by atoms with Gasteiger partial charge in [-0.3, -0.25) is 0 Å². The maximum atomic E-state index is 5.83. The molecule has 5 nitrogen and oxygen atoms in total. The molecule has 0 fully saturated rings. The highest BCUT2D eigenvalue weighted by molar-refractivity contribution is 7.15. The highest BCUT2D eigenvalue weighted by Gasteiger charge is 2.24. The van der Waals surface area contributed by atoms with E-state index in [0.717, 1.165) is 28.8 Å². The number of nitrogens with zero attached hydrogens (tertiary/aromatic N) is 3. The summed E-state index contributed by atoms with van der Waals surface area (Å²) in [6, 6.07) is 8.43. The number of likely N-dealkylation sites (N-methyl/N-ethyl adjacent to an activating group) is 1. The number of nitrogens with two attached hydrogens (primary N) is 1. The number of anilines is 3. The molecule has 0 unspecified atom stereocenters.